The van der Waals surface area contributed by atoms with Crippen molar-refractivity contribution < 1.29 is 13.2 Å². The minimum absolute atomic E-state index is 0.105. The smallest absolute Gasteiger partial charge is 0.171 e. The Kier molecular flexibility index (Phi) is 5.36. The average molecular weight is 266 g/mol. The molecule has 110 valence electrons. The molecule has 0 aromatic rings. The van der Waals surface area contributed by atoms with Crippen molar-refractivity contribution >= 4 is 0 Å². The van der Waals surface area contributed by atoms with Crippen molar-refractivity contribution in [2.45, 2.75) is 80.3 Å². The zero-order valence-corrected chi connectivity index (χ0v) is 13.0. The molecular weight excluding hydrogens is 237 g/mol. The highest BCUT2D eigenvalue weighted by Gasteiger charge is 2.51. The molecule has 0 unspecified atom stereocenters. The molecule has 3 heteroatoms. The van der Waals surface area contributed by atoms with E-state index >= 15 is 0 Å². The van der Waals surface area contributed by atoms with Crippen molar-refractivity contribution in [1.82, 2.24) is 0 Å². The van der Waals surface area contributed by atoms with Gasteiger partial charge < -0.3 is 0 Å². The summed E-state index contributed by atoms with van der Waals surface area (Å²) in [6, 6.07) is 0. The van der Waals surface area contributed by atoms with Crippen LogP contribution in [0.3, 0.4) is 0 Å². The van der Waals surface area contributed by atoms with Crippen LogP contribution in [0.25, 0.3) is 0 Å². The van der Waals surface area contributed by atoms with Gasteiger partial charge in [0.25, 0.3) is 0 Å². The highest BCUT2D eigenvalue weighted by molar-refractivity contribution is 4.86. The predicted molar refractivity (Wildman–Crippen MR) is 71.5 cm³/mol. The lowest BCUT2D eigenvalue weighted by atomic mass is 9.71. The van der Waals surface area contributed by atoms with Gasteiger partial charge in [-0.2, -0.15) is 13.2 Å². The van der Waals surface area contributed by atoms with Crippen LogP contribution >= 0.6 is 0 Å². The summed E-state index contributed by atoms with van der Waals surface area (Å²) in [4.78, 5) is 0. The Balaban J connectivity index is 4.71. The van der Waals surface area contributed by atoms with Crippen molar-refractivity contribution in [2.75, 3.05) is 0 Å². The van der Waals surface area contributed by atoms with Crippen molar-refractivity contribution in [1.29, 1.82) is 0 Å². The minimum Gasteiger partial charge on any atom is -0.171 e. The van der Waals surface area contributed by atoms with E-state index in [0.29, 0.717) is 6.42 Å². The van der Waals surface area contributed by atoms with Crippen LogP contribution in [-0.4, -0.2) is 6.18 Å². The lowest BCUT2D eigenvalue weighted by molar-refractivity contribution is -0.230. The van der Waals surface area contributed by atoms with E-state index in [0.717, 1.165) is 6.42 Å². The van der Waals surface area contributed by atoms with E-state index in [9.17, 15) is 13.2 Å². The molecule has 0 heterocycles. The van der Waals surface area contributed by atoms with Crippen molar-refractivity contribution in [3.8, 4) is 0 Å². The molecule has 0 aromatic heterocycles. The molecule has 0 nitrogen and oxygen atoms in total. The summed E-state index contributed by atoms with van der Waals surface area (Å²) in [6.45, 7) is 13.2. The molecule has 0 saturated carbocycles. The van der Waals surface area contributed by atoms with Crippen LogP contribution in [0.1, 0.15) is 74.1 Å². The first-order chi connectivity index (χ1) is 7.66. The molecular formula is C15H29F3. The van der Waals surface area contributed by atoms with Gasteiger partial charge in [0.15, 0.2) is 0 Å². The quantitative estimate of drug-likeness (QED) is 0.567. The fourth-order valence-corrected chi connectivity index (χ4v) is 2.51. The van der Waals surface area contributed by atoms with Gasteiger partial charge in [-0.3, -0.25) is 0 Å². The summed E-state index contributed by atoms with van der Waals surface area (Å²) in [5.74, 6) is 0. The maximum absolute atomic E-state index is 13.3. The fourth-order valence-electron chi connectivity index (χ4n) is 2.51. The van der Waals surface area contributed by atoms with E-state index in [1.165, 1.54) is 6.92 Å². The van der Waals surface area contributed by atoms with Crippen LogP contribution in [0.2, 0.25) is 0 Å². The van der Waals surface area contributed by atoms with Gasteiger partial charge in [0, 0.05) is 0 Å². The Morgan fingerprint density at radius 3 is 1.39 bits per heavy atom. The third-order valence-corrected chi connectivity index (χ3v) is 3.26. The number of hydrogen-bond donors (Lipinski definition) is 0. The van der Waals surface area contributed by atoms with Gasteiger partial charge in [-0.05, 0) is 30.1 Å². The molecule has 0 aromatic carbocycles. The number of rotatable bonds is 4. The summed E-state index contributed by atoms with van der Waals surface area (Å²) < 4.78 is 39.8. The molecule has 0 amide bonds. The Morgan fingerprint density at radius 2 is 1.11 bits per heavy atom. The molecule has 0 radical (unpaired) electrons. The lowest BCUT2D eigenvalue weighted by Gasteiger charge is -2.38. The first-order valence-corrected chi connectivity index (χ1v) is 6.73. The third-order valence-electron chi connectivity index (χ3n) is 3.26. The minimum atomic E-state index is -4.11. The fraction of sp³-hybridized carbons (Fsp3) is 1.00. The zero-order valence-electron chi connectivity index (χ0n) is 13.0. The van der Waals surface area contributed by atoms with Gasteiger partial charge in [-0.1, -0.05) is 54.9 Å². The topological polar surface area (TPSA) is 0 Å². The second-order valence-electron chi connectivity index (χ2n) is 8.21. The molecule has 0 saturated heterocycles. The first-order valence-electron chi connectivity index (χ1n) is 6.73. The second-order valence-corrected chi connectivity index (χ2v) is 8.21. The van der Waals surface area contributed by atoms with Crippen LogP contribution in [0.15, 0.2) is 0 Å². The Bertz CT molecular complexity index is 252. The standard InChI is InChI=1S/C15H29F3/c1-12(2,3)9-8-10-14(7,15(16,17)18)11-13(4,5)6/h8-11H2,1-7H3/t14-/m1/s1. The van der Waals surface area contributed by atoms with E-state index in [-0.39, 0.29) is 23.7 Å². The monoisotopic (exact) mass is 266 g/mol. The van der Waals surface area contributed by atoms with Crippen molar-refractivity contribution in [3.63, 3.8) is 0 Å². The van der Waals surface area contributed by atoms with E-state index in [1.54, 1.807) is 0 Å². The normalized spacial score (nSPS) is 17.7. The molecule has 0 bridgehead atoms. The Hall–Kier alpha value is -0.210. The summed E-state index contributed by atoms with van der Waals surface area (Å²) >= 11 is 0. The van der Waals surface area contributed by atoms with Gasteiger partial charge in [0.05, 0.1) is 5.41 Å². The molecule has 0 aliphatic heterocycles. The summed E-state index contributed by atoms with van der Waals surface area (Å²) in [5, 5.41) is 0. The number of hydrogen-bond acceptors (Lipinski definition) is 0. The van der Waals surface area contributed by atoms with E-state index in [1.807, 2.05) is 20.8 Å². The Labute approximate surface area is 110 Å². The van der Waals surface area contributed by atoms with Gasteiger partial charge in [0.2, 0.25) is 0 Å². The highest BCUT2D eigenvalue weighted by Crippen LogP contribution is 2.49. The van der Waals surface area contributed by atoms with Gasteiger partial charge in [-0.25, -0.2) is 0 Å². The number of alkyl halides is 3. The third kappa shape index (κ3) is 6.65. The summed E-state index contributed by atoms with van der Waals surface area (Å²) in [7, 11) is 0. The SMILES string of the molecule is CC(C)(C)CCC[C@](C)(CC(C)(C)C)C(F)(F)F. The van der Waals surface area contributed by atoms with Gasteiger partial charge >= 0.3 is 6.18 Å². The highest BCUT2D eigenvalue weighted by atomic mass is 19.4. The first kappa shape index (κ1) is 17.8. The van der Waals surface area contributed by atoms with E-state index < -0.39 is 11.6 Å². The van der Waals surface area contributed by atoms with Crippen molar-refractivity contribution in [3.05, 3.63) is 0 Å². The van der Waals surface area contributed by atoms with Crippen LogP contribution in [-0.2, 0) is 0 Å². The number of halogens is 3. The summed E-state index contributed by atoms with van der Waals surface area (Å²) in [6.07, 6.45) is -2.23. The lowest BCUT2D eigenvalue weighted by Crippen LogP contribution is -2.38. The van der Waals surface area contributed by atoms with Crippen LogP contribution < -0.4 is 0 Å². The molecule has 0 spiro atoms. The molecule has 0 fully saturated rings. The van der Waals surface area contributed by atoms with E-state index in [4.69, 9.17) is 0 Å². The predicted octanol–water partition coefficient (Wildman–Crippen LogP) is 6.21. The molecule has 0 aliphatic carbocycles. The molecule has 1 atom stereocenters. The van der Waals surface area contributed by atoms with Crippen LogP contribution in [0.5, 0.6) is 0 Å². The molecule has 0 N–H and O–H groups in total. The van der Waals surface area contributed by atoms with E-state index in [2.05, 4.69) is 20.8 Å². The molecule has 0 aliphatic rings. The summed E-state index contributed by atoms with van der Waals surface area (Å²) in [5.41, 5.74) is -1.75. The average Bonchev–Trinajstić information content (AvgIpc) is 1.94. The maximum Gasteiger partial charge on any atom is 0.394 e. The largest absolute Gasteiger partial charge is 0.394 e. The van der Waals surface area contributed by atoms with Crippen LogP contribution in [0.4, 0.5) is 13.2 Å². The van der Waals surface area contributed by atoms with Gasteiger partial charge in [-0.15, -0.1) is 0 Å². The van der Waals surface area contributed by atoms with Crippen molar-refractivity contribution in [2.24, 2.45) is 16.2 Å². The maximum atomic E-state index is 13.3. The molecule has 18 heavy (non-hydrogen) atoms. The van der Waals surface area contributed by atoms with Gasteiger partial charge in [0.1, 0.15) is 0 Å². The Morgan fingerprint density at radius 1 is 0.667 bits per heavy atom. The van der Waals surface area contributed by atoms with Crippen LogP contribution in [0, 0.1) is 16.2 Å². The second kappa shape index (κ2) is 5.42. The molecule has 0 rings (SSSR count). The zero-order chi connectivity index (χ0) is 14.8.